The van der Waals surface area contributed by atoms with Crippen molar-refractivity contribution in [2.45, 2.75) is 0 Å². The molecule has 0 saturated heterocycles. The molecule has 0 amide bonds. The van der Waals surface area contributed by atoms with Crippen LogP contribution in [-0.4, -0.2) is 9.97 Å². The number of aromatic amines is 1. The van der Waals surface area contributed by atoms with Crippen LogP contribution in [-0.2, 0) is 0 Å². The summed E-state index contributed by atoms with van der Waals surface area (Å²) >= 11 is 0. The van der Waals surface area contributed by atoms with E-state index in [4.69, 9.17) is 0 Å². The fourth-order valence-corrected chi connectivity index (χ4v) is 1.59. The first kappa shape index (κ1) is 9.72. The number of para-hydroxylation sites is 2. The fourth-order valence-electron chi connectivity index (χ4n) is 1.59. The number of benzene rings is 2. The van der Waals surface area contributed by atoms with Crippen molar-refractivity contribution in [1.82, 2.24) is 9.97 Å². The zero-order valence-corrected chi connectivity index (χ0v) is 9.04. The third-order valence-corrected chi connectivity index (χ3v) is 2.39. The highest BCUT2D eigenvalue weighted by molar-refractivity contribution is 5.76. The quantitative estimate of drug-likeness (QED) is 0.655. The van der Waals surface area contributed by atoms with Gasteiger partial charge in [-0.2, -0.15) is 0 Å². The molecule has 0 fully saturated rings. The van der Waals surface area contributed by atoms with Gasteiger partial charge in [-0.05, 0) is 24.3 Å². The maximum absolute atomic E-state index is 4.31. The molecule has 1 heterocycles. The predicted octanol–water partition coefficient (Wildman–Crippen LogP) is 3.98. The topological polar surface area (TPSA) is 53.4 Å². The summed E-state index contributed by atoms with van der Waals surface area (Å²) in [4.78, 5) is 7.41. The highest BCUT2D eigenvalue weighted by atomic mass is 15.2. The number of fused-ring (bicyclic) bond motifs is 1. The Kier molecular flexibility index (Phi) is 2.38. The fraction of sp³-hybridized carbons (Fsp3) is 0. The van der Waals surface area contributed by atoms with E-state index in [1.54, 1.807) is 0 Å². The van der Waals surface area contributed by atoms with Gasteiger partial charge in [0.25, 0.3) is 0 Å². The first-order valence-corrected chi connectivity index (χ1v) is 5.33. The van der Waals surface area contributed by atoms with Crippen LogP contribution in [0.25, 0.3) is 11.0 Å². The third-order valence-electron chi connectivity index (χ3n) is 2.39. The van der Waals surface area contributed by atoms with Crippen molar-refractivity contribution in [2.75, 3.05) is 0 Å². The smallest absolute Gasteiger partial charge is 0.247 e. The standard InChI is InChI=1S/C13H10N4/c1-2-6-10(7-3-1)16-17-13-14-11-8-4-5-9-12(11)15-13/h1-9H,(H,14,15)/b17-16+. The number of H-pyrrole nitrogens is 1. The Hall–Kier alpha value is -2.49. The Balaban J connectivity index is 1.92. The van der Waals surface area contributed by atoms with Gasteiger partial charge in [-0.15, -0.1) is 10.2 Å². The van der Waals surface area contributed by atoms with E-state index in [1.165, 1.54) is 0 Å². The zero-order chi connectivity index (χ0) is 11.5. The number of aromatic nitrogens is 2. The number of hydrogen-bond acceptors (Lipinski definition) is 3. The molecule has 0 aliphatic heterocycles. The largest absolute Gasteiger partial charge is 0.321 e. The maximum atomic E-state index is 4.31. The van der Waals surface area contributed by atoms with Crippen LogP contribution in [0.5, 0.6) is 0 Å². The minimum Gasteiger partial charge on any atom is -0.321 e. The normalized spacial score (nSPS) is 11.3. The molecule has 1 aromatic heterocycles. The molecule has 0 atom stereocenters. The van der Waals surface area contributed by atoms with Gasteiger partial charge in [-0.1, -0.05) is 30.3 Å². The maximum Gasteiger partial charge on any atom is 0.247 e. The van der Waals surface area contributed by atoms with Gasteiger partial charge in [-0.25, -0.2) is 4.98 Å². The van der Waals surface area contributed by atoms with Gasteiger partial charge >= 0.3 is 0 Å². The van der Waals surface area contributed by atoms with E-state index < -0.39 is 0 Å². The lowest BCUT2D eigenvalue weighted by molar-refractivity contribution is 1.13. The lowest BCUT2D eigenvalue weighted by Crippen LogP contribution is -1.65. The van der Waals surface area contributed by atoms with Gasteiger partial charge in [0.2, 0.25) is 5.95 Å². The second kappa shape index (κ2) is 4.17. The van der Waals surface area contributed by atoms with Crippen LogP contribution in [0.4, 0.5) is 11.6 Å². The van der Waals surface area contributed by atoms with E-state index in [0.717, 1.165) is 16.7 Å². The zero-order valence-electron chi connectivity index (χ0n) is 9.04. The number of rotatable bonds is 2. The molecular formula is C13H10N4. The highest BCUT2D eigenvalue weighted by Gasteiger charge is 1.99. The van der Waals surface area contributed by atoms with Gasteiger partial charge in [0.15, 0.2) is 0 Å². The van der Waals surface area contributed by atoms with Crippen molar-refractivity contribution in [3.63, 3.8) is 0 Å². The van der Waals surface area contributed by atoms with Crippen molar-refractivity contribution in [3.8, 4) is 0 Å². The summed E-state index contributed by atoms with van der Waals surface area (Å²) in [6.07, 6.45) is 0. The molecule has 3 rings (SSSR count). The number of nitrogens with zero attached hydrogens (tertiary/aromatic N) is 3. The monoisotopic (exact) mass is 222 g/mol. The van der Waals surface area contributed by atoms with Crippen LogP contribution in [0.2, 0.25) is 0 Å². The molecule has 0 spiro atoms. The molecule has 0 aliphatic rings. The number of hydrogen-bond donors (Lipinski definition) is 1. The van der Waals surface area contributed by atoms with Crippen LogP contribution < -0.4 is 0 Å². The van der Waals surface area contributed by atoms with E-state index in [2.05, 4.69) is 20.2 Å². The Morgan fingerprint density at radius 3 is 2.41 bits per heavy atom. The van der Waals surface area contributed by atoms with Crippen LogP contribution in [0.3, 0.4) is 0 Å². The van der Waals surface area contributed by atoms with Crippen LogP contribution in [0.15, 0.2) is 64.8 Å². The molecule has 82 valence electrons. The Morgan fingerprint density at radius 1 is 0.824 bits per heavy atom. The van der Waals surface area contributed by atoms with E-state index in [-0.39, 0.29) is 0 Å². The molecule has 2 aromatic carbocycles. The van der Waals surface area contributed by atoms with Crippen molar-refractivity contribution >= 4 is 22.7 Å². The lowest BCUT2D eigenvalue weighted by Gasteiger charge is -1.87. The van der Waals surface area contributed by atoms with Crippen LogP contribution in [0.1, 0.15) is 0 Å². The third kappa shape index (κ3) is 2.06. The molecule has 0 saturated carbocycles. The first-order chi connectivity index (χ1) is 8.42. The van der Waals surface area contributed by atoms with Gasteiger partial charge in [0.05, 0.1) is 16.7 Å². The average Bonchev–Trinajstić information content (AvgIpc) is 2.80. The number of azo groups is 1. The van der Waals surface area contributed by atoms with Crippen molar-refractivity contribution in [3.05, 3.63) is 54.6 Å². The van der Waals surface area contributed by atoms with Gasteiger partial charge in [0, 0.05) is 0 Å². The summed E-state index contributed by atoms with van der Waals surface area (Å²) in [6, 6.07) is 17.4. The van der Waals surface area contributed by atoms with Gasteiger partial charge in [0.1, 0.15) is 0 Å². The minimum atomic E-state index is 0.523. The molecule has 1 N–H and O–H groups in total. The minimum absolute atomic E-state index is 0.523. The second-order valence-electron chi connectivity index (χ2n) is 3.61. The summed E-state index contributed by atoms with van der Waals surface area (Å²) in [5, 5.41) is 8.18. The molecule has 0 aliphatic carbocycles. The molecule has 4 nitrogen and oxygen atoms in total. The Morgan fingerprint density at radius 2 is 1.59 bits per heavy atom. The molecule has 17 heavy (non-hydrogen) atoms. The summed E-state index contributed by atoms with van der Waals surface area (Å²) in [7, 11) is 0. The van der Waals surface area contributed by atoms with E-state index in [0.29, 0.717) is 5.95 Å². The molecule has 4 heteroatoms. The second-order valence-corrected chi connectivity index (χ2v) is 3.61. The van der Waals surface area contributed by atoms with E-state index >= 15 is 0 Å². The van der Waals surface area contributed by atoms with Gasteiger partial charge in [-0.3, -0.25) is 0 Å². The Bertz CT molecular complexity index is 622. The molecular weight excluding hydrogens is 212 g/mol. The lowest BCUT2D eigenvalue weighted by atomic mass is 10.3. The molecule has 0 unspecified atom stereocenters. The number of nitrogens with one attached hydrogen (secondary N) is 1. The summed E-state index contributed by atoms with van der Waals surface area (Å²) in [5.41, 5.74) is 2.68. The molecule has 3 aromatic rings. The predicted molar refractivity (Wildman–Crippen MR) is 66.7 cm³/mol. The summed E-state index contributed by atoms with van der Waals surface area (Å²) in [5.74, 6) is 0.523. The summed E-state index contributed by atoms with van der Waals surface area (Å²) < 4.78 is 0. The number of imidazole rings is 1. The van der Waals surface area contributed by atoms with Crippen molar-refractivity contribution < 1.29 is 0 Å². The molecule has 0 bridgehead atoms. The highest BCUT2D eigenvalue weighted by Crippen LogP contribution is 2.18. The van der Waals surface area contributed by atoms with E-state index in [1.807, 2.05) is 54.6 Å². The summed E-state index contributed by atoms with van der Waals surface area (Å²) in [6.45, 7) is 0. The van der Waals surface area contributed by atoms with Gasteiger partial charge < -0.3 is 4.98 Å². The SMILES string of the molecule is c1ccc(/N=N/c2nc3ccccc3[nH]2)cc1. The van der Waals surface area contributed by atoms with Crippen LogP contribution in [0, 0.1) is 0 Å². The molecule has 0 radical (unpaired) electrons. The Labute approximate surface area is 98.0 Å². The first-order valence-electron chi connectivity index (χ1n) is 5.33. The van der Waals surface area contributed by atoms with Crippen molar-refractivity contribution in [1.29, 1.82) is 0 Å². The average molecular weight is 222 g/mol. The van der Waals surface area contributed by atoms with Crippen LogP contribution >= 0.6 is 0 Å². The van der Waals surface area contributed by atoms with E-state index in [9.17, 15) is 0 Å². The van der Waals surface area contributed by atoms with Crippen molar-refractivity contribution in [2.24, 2.45) is 10.2 Å².